The number of amides is 1. The van der Waals surface area contributed by atoms with E-state index in [0.717, 1.165) is 6.42 Å². The minimum absolute atomic E-state index is 0.0401. The Morgan fingerprint density at radius 2 is 2.25 bits per heavy atom. The van der Waals surface area contributed by atoms with Crippen molar-refractivity contribution >= 4 is 5.91 Å². The summed E-state index contributed by atoms with van der Waals surface area (Å²) in [5.74, 6) is -1.03. The van der Waals surface area contributed by atoms with E-state index in [4.69, 9.17) is 10.5 Å². The van der Waals surface area contributed by atoms with Crippen LogP contribution in [-0.4, -0.2) is 25.2 Å². The van der Waals surface area contributed by atoms with Gasteiger partial charge in [-0.15, -0.1) is 0 Å². The summed E-state index contributed by atoms with van der Waals surface area (Å²) in [6.07, 6.45) is 1.16. The molecule has 4 nitrogen and oxygen atoms in total. The van der Waals surface area contributed by atoms with Crippen LogP contribution in [0.15, 0.2) is 18.2 Å². The molecule has 2 atom stereocenters. The van der Waals surface area contributed by atoms with Crippen molar-refractivity contribution in [3.05, 3.63) is 35.1 Å². The standard InChI is InChI=1S/C15H21FN2O2/c1-15(2)12(7-13(15)20-3)18-8-10-5-4-9(14(17)19)6-11(10)16/h4-6,12-13,18H,7-8H2,1-3H3,(H2,17,19). The van der Waals surface area contributed by atoms with Crippen LogP contribution in [0.4, 0.5) is 4.39 Å². The first-order chi connectivity index (χ1) is 9.36. The van der Waals surface area contributed by atoms with E-state index in [1.165, 1.54) is 6.07 Å². The second-order valence-electron chi connectivity index (χ2n) is 5.89. The van der Waals surface area contributed by atoms with Crippen LogP contribution in [0.5, 0.6) is 0 Å². The van der Waals surface area contributed by atoms with Crippen molar-refractivity contribution < 1.29 is 13.9 Å². The van der Waals surface area contributed by atoms with Gasteiger partial charge in [-0.05, 0) is 18.6 Å². The molecule has 0 heterocycles. The van der Waals surface area contributed by atoms with Gasteiger partial charge in [-0.1, -0.05) is 19.9 Å². The molecule has 1 aromatic rings. The van der Waals surface area contributed by atoms with E-state index in [0.29, 0.717) is 18.2 Å². The third-order valence-electron chi connectivity index (χ3n) is 4.34. The molecule has 1 aliphatic carbocycles. The molecule has 2 rings (SSSR count). The fourth-order valence-corrected chi connectivity index (χ4v) is 2.71. The Kier molecular flexibility index (Phi) is 4.11. The molecule has 0 aliphatic heterocycles. The van der Waals surface area contributed by atoms with E-state index in [1.54, 1.807) is 19.2 Å². The van der Waals surface area contributed by atoms with E-state index in [2.05, 4.69) is 19.2 Å². The van der Waals surface area contributed by atoms with E-state index in [1.807, 2.05) is 0 Å². The third-order valence-corrected chi connectivity index (χ3v) is 4.34. The monoisotopic (exact) mass is 280 g/mol. The molecule has 1 saturated carbocycles. The van der Waals surface area contributed by atoms with Gasteiger partial charge in [0.15, 0.2) is 0 Å². The highest BCUT2D eigenvalue weighted by Gasteiger charge is 2.48. The van der Waals surface area contributed by atoms with Gasteiger partial charge in [0.2, 0.25) is 5.91 Å². The zero-order chi connectivity index (χ0) is 14.9. The van der Waals surface area contributed by atoms with Crippen LogP contribution < -0.4 is 11.1 Å². The highest BCUT2D eigenvalue weighted by atomic mass is 19.1. The molecule has 0 bridgehead atoms. The van der Waals surface area contributed by atoms with Gasteiger partial charge in [-0.3, -0.25) is 4.79 Å². The predicted molar refractivity (Wildman–Crippen MR) is 74.7 cm³/mol. The zero-order valence-electron chi connectivity index (χ0n) is 12.1. The highest BCUT2D eigenvalue weighted by Crippen LogP contribution is 2.42. The average Bonchev–Trinajstić information content (AvgIpc) is 2.39. The number of carbonyl (C=O) groups excluding carboxylic acids is 1. The van der Waals surface area contributed by atoms with Crippen LogP contribution >= 0.6 is 0 Å². The molecule has 1 aliphatic rings. The molecule has 2 unspecified atom stereocenters. The summed E-state index contributed by atoms with van der Waals surface area (Å²) in [5.41, 5.74) is 5.88. The smallest absolute Gasteiger partial charge is 0.248 e. The van der Waals surface area contributed by atoms with Crippen molar-refractivity contribution in [1.29, 1.82) is 0 Å². The summed E-state index contributed by atoms with van der Waals surface area (Å²) in [6.45, 7) is 4.69. The number of primary amides is 1. The molecule has 1 fully saturated rings. The Morgan fingerprint density at radius 1 is 1.55 bits per heavy atom. The molecule has 20 heavy (non-hydrogen) atoms. The number of hydrogen-bond donors (Lipinski definition) is 2. The van der Waals surface area contributed by atoms with Crippen LogP contribution in [0.3, 0.4) is 0 Å². The van der Waals surface area contributed by atoms with Crippen LogP contribution in [0.2, 0.25) is 0 Å². The Balaban J connectivity index is 1.97. The maximum atomic E-state index is 13.8. The van der Waals surface area contributed by atoms with Crippen molar-refractivity contribution in [3.63, 3.8) is 0 Å². The third kappa shape index (κ3) is 2.69. The summed E-state index contributed by atoms with van der Waals surface area (Å²) in [7, 11) is 1.71. The number of nitrogens with two attached hydrogens (primary N) is 1. The summed E-state index contributed by atoms with van der Waals surface area (Å²) in [5, 5.41) is 3.34. The second-order valence-corrected chi connectivity index (χ2v) is 5.89. The molecular weight excluding hydrogens is 259 g/mol. The van der Waals surface area contributed by atoms with E-state index in [9.17, 15) is 9.18 Å². The van der Waals surface area contributed by atoms with Crippen molar-refractivity contribution in [1.82, 2.24) is 5.32 Å². The van der Waals surface area contributed by atoms with Gasteiger partial charge < -0.3 is 15.8 Å². The lowest BCUT2D eigenvalue weighted by molar-refractivity contribution is -0.0979. The Morgan fingerprint density at radius 3 is 2.75 bits per heavy atom. The minimum atomic E-state index is -0.619. The molecule has 0 spiro atoms. The molecule has 3 N–H and O–H groups in total. The highest BCUT2D eigenvalue weighted by molar-refractivity contribution is 5.92. The maximum Gasteiger partial charge on any atom is 0.248 e. The van der Waals surface area contributed by atoms with Crippen LogP contribution in [0.1, 0.15) is 36.2 Å². The Bertz CT molecular complexity index is 517. The maximum absolute atomic E-state index is 13.8. The number of nitrogens with one attached hydrogen (secondary N) is 1. The van der Waals surface area contributed by atoms with Gasteiger partial charge in [-0.25, -0.2) is 4.39 Å². The first-order valence-corrected chi connectivity index (χ1v) is 6.70. The van der Waals surface area contributed by atoms with Gasteiger partial charge >= 0.3 is 0 Å². The van der Waals surface area contributed by atoms with Crippen molar-refractivity contribution in [3.8, 4) is 0 Å². The van der Waals surface area contributed by atoms with E-state index in [-0.39, 0.29) is 17.1 Å². The zero-order valence-corrected chi connectivity index (χ0v) is 12.1. The minimum Gasteiger partial charge on any atom is -0.381 e. The molecule has 110 valence electrons. The lowest BCUT2D eigenvalue weighted by atomic mass is 9.64. The van der Waals surface area contributed by atoms with Gasteiger partial charge in [0.25, 0.3) is 0 Å². The van der Waals surface area contributed by atoms with E-state index >= 15 is 0 Å². The van der Waals surface area contributed by atoms with Crippen molar-refractivity contribution in [2.45, 2.75) is 39.0 Å². The quantitative estimate of drug-likeness (QED) is 0.865. The van der Waals surface area contributed by atoms with Crippen molar-refractivity contribution in [2.75, 3.05) is 7.11 Å². The molecule has 1 amide bonds. The number of methoxy groups -OCH3 is 1. The van der Waals surface area contributed by atoms with Crippen molar-refractivity contribution in [2.24, 2.45) is 11.1 Å². The second kappa shape index (κ2) is 5.50. The van der Waals surface area contributed by atoms with E-state index < -0.39 is 11.7 Å². The summed E-state index contributed by atoms with van der Waals surface area (Å²) in [4.78, 5) is 11.0. The summed E-state index contributed by atoms with van der Waals surface area (Å²) >= 11 is 0. The summed E-state index contributed by atoms with van der Waals surface area (Å²) < 4.78 is 19.2. The molecule has 0 saturated heterocycles. The fraction of sp³-hybridized carbons (Fsp3) is 0.533. The number of benzene rings is 1. The van der Waals surface area contributed by atoms with Crippen LogP contribution in [0, 0.1) is 11.2 Å². The SMILES string of the molecule is COC1CC(NCc2ccc(C(N)=O)cc2F)C1(C)C. The Hall–Kier alpha value is -1.46. The molecule has 0 aromatic heterocycles. The fourth-order valence-electron chi connectivity index (χ4n) is 2.71. The normalized spacial score (nSPS) is 24.2. The van der Waals surface area contributed by atoms with Crippen LogP contribution in [0.25, 0.3) is 0 Å². The lowest BCUT2D eigenvalue weighted by Crippen LogP contribution is -2.60. The summed E-state index contributed by atoms with van der Waals surface area (Å²) in [6, 6.07) is 4.62. The molecule has 0 radical (unpaired) electrons. The molecule has 1 aromatic carbocycles. The number of ether oxygens (including phenoxy) is 1. The molecule has 5 heteroatoms. The lowest BCUT2D eigenvalue weighted by Gasteiger charge is -2.51. The predicted octanol–water partition coefficient (Wildman–Crippen LogP) is 1.83. The van der Waals surface area contributed by atoms with Gasteiger partial charge in [-0.2, -0.15) is 0 Å². The van der Waals surface area contributed by atoms with Crippen LogP contribution in [-0.2, 0) is 11.3 Å². The van der Waals surface area contributed by atoms with Gasteiger partial charge in [0, 0.05) is 36.2 Å². The largest absolute Gasteiger partial charge is 0.381 e. The Labute approximate surface area is 118 Å². The number of halogens is 1. The topological polar surface area (TPSA) is 64.3 Å². The number of rotatable bonds is 5. The molecular formula is C15H21FN2O2. The number of carbonyl (C=O) groups is 1. The first-order valence-electron chi connectivity index (χ1n) is 6.70. The van der Waals surface area contributed by atoms with Gasteiger partial charge in [0.1, 0.15) is 5.82 Å². The first kappa shape index (κ1) is 14.9. The average molecular weight is 280 g/mol. The number of hydrogen-bond acceptors (Lipinski definition) is 3. The van der Waals surface area contributed by atoms with Gasteiger partial charge in [0.05, 0.1) is 6.10 Å².